The van der Waals surface area contributed by atoms with E-state index in [1.54, 1.807) is 24.3 Å². The van der Waals surface area contributed by atoms with Crippen LogP contribution in [0.25, 0.3) is 0 Å². The van der Waals surface area contributed by atoms with E-state index in [1.165, 1.54) is 0 Å². The zero-order valence-corrected chi connectivity index (χ0v) is 10.8. The van der Waals surface area contributed by atoms with Gasteiger partial charge in [0.1, 0.15) is 0 Å². The molecule has 2 N–H and O–H groups in total. The molecule has 0 aliphatic rings. The number of hydrogen-bond acceptors (Lipinski definition) is 4. The van der Waals surface area contributed by atoms with Gasteiger partial charge >= 0.3 is 5.97 Å². The molecule has 0 aliphatic heterocycles. The molecule has 1 rings (SSSR count). The molecule has 0 saturated heterocycles. The fourth-order valence-corrected chi connectivity index (χ4v) is 1.33. The Kier molecular flexibility index (Phi) is 4.73. The highest BCUT2D eigenvalue weighted by molar-refractivity contribution is 5.72. The molecule has 0 saturated carbocycles. The van der Waals surface area contributed by atoms with Gasteiger partial charge in [0.2, 0.25) is 0 Å². The van der Waals surface area contributed by atoms with Gasteiger partial charge in [-0.3, -0.25) is 4.79 Å². The summed E-state index contributed by atoms with van der Waals surface area (Å²) >= 11 is 0. The van der Waals surface area contributed by atoms with Crippen LogP contribution in [0.3, 0.4) is 0 Å². The molecule has 0 spiro atoms. The van der Waals surface area contributed by atoms with E-state index in [0.717, 1.165) is 5.56 Å². The molecule has 0 aromatic heterocycles. The lowest BCUT2D eigenvalue weighted by molar-refractivity contribution is -0.143. The van der Waals surface area contributed by atoms with Crippen molar-refractivity contribution in [3.63, 3.8) is 0 Å². The highest BCUT2D eigenvalue weighted by Gasteiger charge is 2.17. The van der Waals surface area contributed by atoms with Crippen LogP contribution in [0.1, 0.15) is 25.8 Å². The molecule has 0 amide bonds. The summed E-state index contributed by atoms with van der Waals surface area (Å²) in [5, 5.41) is 8.82. The van der Waals surface area contributed by atoms with Crippen LogP contribution in [0.15, 0.2) is 24.3 Å². The number of nitrogens with two attached hydrogens (primary N) is 1. The number of nitrogens with zero attached hydrogens (tertiary/aromatic N) is 1. The Morgan fingerprint density at radius 1 is 1.39 bits per heavy atom. The fraction of sp³-hybridized carbons (Fsp3) is 0.429. The Balaban J connectivity index is 2.35. The summed E-state index contributed by atoms with van der Waals surface area (Å²) in [6.07, 6.45) is 0.768. The van der Waals surface area contributed by atoms with Gasteiger partial charge in [-0.1, -0.05) is 12.1 Å². The monoisotopic (exact) mass is 246 g/mol. The van der Waals surface area contributed by atoms with Crippen LogP contribution in [0, 0.1) is 16.7 Å². The number of hydrogen-bond donors (Lipinski definition) is 1. The van der Waals surface area contributed by atoms with Crippen LogP contribution in [0.2, 0.25) is 0 Å². The molecule has 1 aromatic rings. The number of nitrogen functional groups attached to an aromatic ring is 1. The van der Waals surface area contributed by atoms with Gasteiger partial charge in [-0.15, -0.1) is 0 Å². The number of rotatable bonds is 5. The van der Waals surface area contributed by atoms with Crippen molar-refractivity contribution in [3.05, 3.63) is 29.8 Å². The van der Waals surface area contributed by atoms with Crippen molar-refractivity contribution in [3.8, 4) is 6.07 Å². The third kappa shape index (κ3) is 4.88. The Hall–Kier alpha value is -2.02. The number of esters is 1. The molecule has 0 unspecified atom stereocenters. The topological polar surface area (TPSA) is 76.1 Å². The van der Waals surface area contributed by atoms with Gasteiger partial charge in [0.25, 0.3) is 0 Å². The van der Waals surface area contributed by atoms with Crippen LogP contribution in [-0.4, -0.2) is 12.6 Å². The second-order valence-corrected chi connectivity index (χ2v) is 4.88. The van der Waals surface area contributed by atoms with Gasteiger partial charge in [-0.25, -0.2) is 0 Å². The van der Waals surface area contributed by atoms with Crippen molar-refractivity contribution in [2.24, 2.45) is 5.41 Å². The second-order valence-electron chi connectivity index (χ2n) is 4.88. The summed E-state index contributed by atoms with van der Waals surface area (Å²) in [5.41, 5.74) is 6.64. The van der Waals surface area contributed by atoms with Crippen molar-refractivity contribution in [2.75, 3.05) is 12.3 Å². The molecule has 4 nitrogen and oxygen atoms in total. The highest BCUT2D eigenvalue weighted by Crippen LogP contribution is 2.18. The Morgan fingerprint density at radius 3 is 2.56 bits per heavy atom. The van der Waals surface area contributed by atoms with Gasteiger partial charge in [-0.2, -0.15) is 5.26 Å². The van der Waals surface area contributed by atoms with Crippen molar-refractivity contribution in [1.82, 2.24) is 0 Å². The maximum atomic E-state index is 11.5. The molecule has 0 bridgehead atoms. The Labute approximate surface area is 107 Å². The smallest absolute Gasteiger partial charge is 0.310 e. The predicted octanol–water partition coefficient (Wildman–Crippen LogP) is 2.29. The molecule has 96 valence electrons. The summed E-state index contributed by atoms with van der Waals surface area (Å²) in [6.45, 7) is 3.91. The number of benzene rings is 1. The molecule has 0 fully saturated rings. The minimum atomic E-state index is -0.457. The average molecular weight is 246 g/mol. The lowest BCUT2D eigenvalue weighted by atomic mass is 9.92. The quantitative estimate of drug-likeness (QED) is 0.638. The van der Waals surface area contributed by atoms with Crippen LogP contribution in [0.4, 0.5) is 5.69 Å². The van der Waals surface area contributed by atoms with E-state index in [4.69, 9.17) is 15.7 Å². The van der Waals surface area contributed by atoms with Crippen LogP contribution < -0.4 is 5.73 Å². The number of ether oxygens (including phenoxy) is 1. The summed E-state index contributed by atoms with van der Waals surface area (Å²) in [4.78, 5) is 11.5. The number of carbonyl (C=O) groups excluding carboxylic acids is 1. The van der Waals surface area contributed by atoms with Crippen molar-refractivity contribution in [2.45, 2.75) is 26.7 Å². The van der Waals surface area contributed by atoms with Gasteiger partial charge in [0.05, 0.1) is 24.5 Å². The lowest BCUT2D eigenvalue weighted by Crippen LogP contribution is -2.15. The SMILES string of the molecule is CC(C)(C#N)CCOC(=O)Cc1ccc(N)cc1. The van der Waals surface area contributed by atoms with Gasteiger partial charge in [0.15, 0.2) is 0 Å². The third-order valence-electron chi connectivity index (χ3n) is 2.62. The molecule has 0 radical (unpaired) electrons. The second kappa shape index (κ2) is 6.06. The normalized spacial score (nSPS) is 10.7. The molecule has 0 heterocycles. The lowest BCUT2D eigenvalue weighted by Gasteiger charge is -2.14. The van der Waals surface area contributed by atoms with Crippen LogP contribution in [-0.2, 0) is 16.0 Å². The van der Waals surface area contributed by atoms with Gasteiger partial charge in [-0.05, 0) is 38.0 Å². The average Bonchev–Trinajstić information content (AvgIpc) is 2.32. The zero-order valence-electron chi connectivity index (χ0n) is 10.8. The number of anilines is 1. The Bertz CT molecular complexity index is 444. The van der Waals surface area contributed by atoms with E-state index in [0.29, 0.717) is 12.1 Å². The molecule has 1 aromatic carbocycles. The van der Waals surface area contributed by atoms with E-state index >= 15 is 0 Å². The molecular weight excluding hydrogens is 228 g/mol. The first-order chi connectivity index (χ1) is 8.43. The predicted molar refractivity (Wildman–Crippen MR) is 69.5 cm³/mol. The van der Waals surface area contributed by atoms with E-state index < -0.39 is 5.41 Å². The number of carbonyl (C=O) groups is 1. The first-order valence-corrected chi connectivity index (χ1v) is 5.84. The first kappa shape index (κ1) is 14.0. The van der Waals surface area contributed by atoms with Gasteiger partial charge in [0, 0.05) is 5.69 Å². The summed E-state index contributed by atoms with van der Waals surface area (Å²) < 4.78 is 5.09. The summed E-state index contributed by atoms with van der Waals surface area (Å²) in [6, 6.07) is 9.27. The van der Waals surface area contributed by atoms with E-state index in [1.807, 2.05) is 13.8 Å². The minimum Gasteiger partial charge on any atom is -0.465 e. The highest BCUT2D eigenvalue weighted by atomic mass is 16.5. The van der Waals surface area contributed by atoms with E-state index in [9.17, 15) is 4.79 Å². The van der Waals surface area contributed by atoms with Gasteiger partial charge < -0.3 is 10.5 Å². The van der Waals surface area contributed by atoms with Crippen molar-refractivity contribution < 1.29 is 9.53 Å². The molecule has 4 heteroatoms. The fourth-order valence-electron chi connectivity index (χ4n) is 1.33. The maximum absolute atomic E-state index is 11.5. The third-order valence-corrected chi connectivity index (χ3v) is 2.62. The first-order valence-electron chi connectivity index (χ1n) is 5.84. The summed E-state index contributed by atoms with van der Waals surface area (Å²) in [5.74, 6) is -0.284. The van der Waals surface area contributed by atoms with E-state index in [-0.39, 0.29) is 19.0 Å². The zero-order chi connectivity index (χ0) is 13.6. The number of nitriles is 1. The van der Waals surface area contributed by atoms with E-state index in [2.05, 4.69) is 6.07 Å². The molecular formula is C14H18N2O2. The molecule has 0 atom stereocenters. The van der Waals surface area contributed by atoms with Crippen LogP contribution in [0.5, 0.6) is 0 Å². The largest absolute Gasteiger partial charge is 0.465 e. The maximum Gasteiger partial charge on any atom is 0.310 e. The Morgan fingerprint density at radius 2 is 2.00 bits per heavy atom. The van der Waals surface area contributed by atoms with Crippen molar-refractivity contribution >= 4 is 11.7 Å². The van der Waals surface area contributed by atoms with Crippen LogP contribution >= 0.6 is 0 Å². The minimum absolute atomic E-state index is 0.229. The summed E-state index contributed by atoms with van der Waals surface area (Å²) in [7, 11) is 0. The molecule has 18 heavy (non-hydrogen) atoms. The standard InChI is InChI=1S/C14H18N2O2/c1-14(2,10-15)7-8-18-13(17)9-11-3-5-12(16)6-4-11/h3-6H,7-9,16H2,1-2H3. The van der Waals surface area contributed by atoms with Crippen molar-refractivity contribution in [1.29, 1.82) is 5.26 Å². The molecule has 0 aliphatic carbocycles.